The molecule has 0 fully saturated rings. The van der Waals surface area contributed by atoms with E-state index in [-0.39, 0.29) is 5.56 Å². The molecule has 4 nitrogen and oxygen atoms in total. The molecule has 0 radical (unpaired) electrons. The largest absolute Gasteiger partial charge is 0.475 e. The Morgan fingerprint density at radius 2 is 2.07 bits per heavy atom. The van der Waals surface area contributed by atoms with Crippen LogP contribution in [0.3, 0.4) is 0 Å². The van der Waals surface area contributed by atoms with E-state index in [1.54, 1.807) is 0 Å². The fourth-order valence-electron chi connectivity index (χ4n) is 1.40. The predicted octanol–water partition coefficient (Wildman–Crippen LogP) is 1.57. The van der Waals surface area contributed by atoms with Gasteiger partial charge in [-0.15, -0.1) is 0 Å². The minimum absolute atomic E-state index is 0.0394. The van der Waals surface area contributed by atoms with Gasteiger partial charge in [0.1, 0.15) is 5.82 Å². The second-order valence-electron chi connectivity index (χ2n) is 3.03. The molecule has 0 aliphatic rings. The number of carboxylic acids is 1. The number of nitrogens with one attached hydrogen (secondary N) is 1. The average molecular weight is 207 g/mol. The van der Waals surface area contributed by atoms with Crippen LogP contribution < -0.4 is 0 Å². The SMILES string of the molecule is O=C(O)C(=O)c1c[nH]c2cc(F)ccc12. The number of Topliss-reactive ketones (excluding diaryl/α,β-unsaturated/α-hetero) is 1. The first-order chi connectivity index (χ1) is 7.09. The monoisotopic (exact) mass is 207 g/mol. The van der Waals surface area contributed by atoms with Crippen molar-refractivity contribution in [3.8, 4) is 0 Å². The number of aromatic nitrogens is 1. The molecular weight excluding hydrogens is 201 g/mol. The molecule has 5 heteroatoms. The quantitative estimate of drug-likeness (QED) is 0.580. The summed E-state index contributed by atoms with van der Waals surface area (Å²) in [6.45, 7) is 0. The molecule has 0 unspecified atom stereocenters. The van der Waals surface area contributed by atoms with E-state index < -0.39 is 17.6 Å². The molecule has 0 aliphatic heterocycles. The fraction of sp³-hybridized carbons (Fsp3) is 0. The summed E-state index contributed by atoms with van der Waals surface area (Å²) < 4.78 is 12.8. The first-order valence-electron chi connectivity index (χ1n) is 4.14. The maximum absolute atomic E-state index is 12.8. The van der Waals surface area contributed by atoms with Gasteiger partial charge >= 0.3 is 5.97 Å². The Bertz CT molecular complexity index is 559. The van der Waals surface area contributed by atoms with Gasteiger partial charge in [0.2, 0.25) is 0 Å². The normalized spacial score (nSPS) is 10.5. The van der Waals surface area contributed by atoms with Crippen LogP contribution in [-0.2, 0) is 4.79 Å². The van der Waals surface area contributed by atoms with Crippen molar-refractivity contribution in [3.63, 3.8) is 0 Å². The Morgan fingerprint density at radius 3 is 2.73 bits per heavy atom. The lowest BCUT2D eigenvalue weighted by Crippen LogP contribution is -2.11. The first-order valence-corrected chi connectivity index (χ1v) is 4.14. The van der Waals surface area contributed by atoms with Crippen LogP contribution in [0.5, 0.6) is 0 Å². The van der Waals surface area contributed by atoms with E-state index in [9.17, 15) is 14.0 Å². The summed E-state index contributed by atoms with van der Waals surface area (Å²) in [5, 5.41) is 8.94. The lowest BCUT2D eigenvalue weighted by atomic mass is 10.1. The molecule has 0 aliphatic carbocycles. The van der Waals surface area contributed by atoms with E-state index in [2.05, 4.69) is 4.98 Å². The Kier molecular flexibility index (Phi) is 2.00. The highest BCUT2D eigenvalue weighted by molar-refractivity contribution is 6.42. The molecule has 1 aromatic heterocycles. The number of benzene rings is 1. The zero-order valence-electron chi connectivity index (χ0n) is 7.45. The zero-order valence-corrected chi connectivity index (χ0v) is 7.45. The molecule has 76 valence electrons. The third-order valence-corrected chi connectivity index (χ3v) is 2.08. The number of carbonyl (C=O) groups is 2. The Morgan fingerprint density at radius 1 is 1.33 bits per heavy atom. The van der Waals surface area contributed by atoms with Crippen molar-refractivity contribution in [1.29, 1.82) is 0 Å². The highest BCUT2D eigenvalue weighted by Crippen LogP contribution is 2.19. The fourth-order valence-corrected chi connectivity index (χ4v) is 1.40. The molecule has 15 heavy (non-hydrogen) atoms. The van der Waals surface area contributed by atoms with Crippen molar-refractivity contribution >= 4 is 22.7 Å². The van der Waals surface area contributed by atoms with Gasteiger partial charge in [-0.05, 0) is 18.2 Å². The van der Waals surface area contributed by atoms with Crippen LogP contribution in [0.4, 0.5) is 4.39 Å². The Balaban J connectivity index is 2.64. The van der Waals surface area contributed by atoms with Gasteiger partial charge in [-0.25, -0.2) is 9.18 Å². The number of aliphatic carboxylic acids is 1. The number of halogens is 1. The molecule has 0 amide bonds. The first kappa shape index (κ1) is 9.39. The summed E-state index contributed by atoms with van der Waals surface area (Å²) in [6, 6.07) is 3.75. The molecule has 2 N–H and O–H groups in total. The third-order valence-electron chi connectivity index (χ3n) is 2.08. The van der Waals surface area contributed by atoms with Crippen LogP contribution in [0.15, 0.2) is 24.4 Å². The van der Waals surface area contributed by atoms with E-state index in [1.165, 1.54) is 24.4 Å². The molecule has 0 saturated heterocycles. The molecule has 1 aromatic carbocycles. The number of ketones is 1. The number of fused-ring (bicyclic) bond motifs is 1. The van der Waals surface area contributed by atoms with Crippen molar-refractivity contribution in [2.24, 2.45) is 0 Å². The topological polar surface area (TPSA) is 70.2 Å². The minimum atomic E-state index is -1.53. The maximum Gasteiger partial charge on any atom is 0.377 e. The van der Waals surface area contributed by atoms with Crippen LogP contribution in [-0.4, -0.2) is 21.8 Å². The standard InChI is InChI=1S/C10H6FNO3/c11-5-1-2-6-7(9(13)10(14)15)4-12-8(6)3-5/h1-4,12H,(H,14,15). The number of aromatic amines is 1. The second kappa shape index (κ2) is 3.20. The summed E-state index contributed by atoms with van der Waals surface area (Å²) in [6.07, 6.45) is 1.26. The number of hydrogen-bond acceptors (Lipinski definition) is 2. The predicted molar refractivity (Wildman–Crippen MR) is 50.2 cm³/mol. The summed E-state index contributed by atoms with van der Waals surface area (Å²) >= 11 is 0. The van der Waals surface area contributed by atoms with Crippen molar-refractivity contribution < 1.29 is 19.1 Å². The van der Waals surface area contributed by atoms with E-state index in [1.807, 2.05) is 0 Å². The van der Waals surface area contributed by atoms with Gasteiger partial charge in [0.15, 0.2) is 0 Å². The summed E-state index contributed by atoms with van der Waals surface area (Å²) in [7, 11) is 0. The van der Waals surface area contributed by atoms with E-state index in [0.717, 1.165) is 0 Å². The number of carbonyl (C=O) groups excluding carboxylic acids is 1. The lowest BCUT2D eigenvalue weighted by Gasteiger charge is -1.93. The summed E-state index contributed by atoms with van der Waals surface area (Å²) in [5.74, 6) is -2.98. The van der Waals surface area contributed by atoms with E-state index in [4.69, 9.17) is 5.11 Å². The van der Waals surface area contributed by atoms with Gasteiger partial charge in [-0.1, -0.05) is 0 Å². The molecule has 2 rings (SSSR count). The molecule has 2 aromatic rings. The van der Waals surface area contributed by atoms with E-state index >= 15 is 0 Å². The second-order valence-corrected chi connectivity index (χ2v) is 3.03. The van der Waals surface area contributed by atoms with Crippen LogP contribution >= 0.6 is 0 Å². The van der Waals surface area contributed by atoms with Crippen molar-refractivity contribution in [2.45, 2.75) is 0 Å². The van der Waals surface area contributed by atoms with Crippen LogP contribution in [0.1, 0.15) is 10.4 Å². The van der Waals surface area contributed by atoms with Gasteiger partial charge in [-0.2, -0.15) is 0 Å². The zero-order chi connectivity index (χ0) is 11.0. The third kappa shape index (κ3) is 1.48. The number of carboxylic acid groups (broad SMARTS) is 1. The van der Waals surface area contributed by atoms with Crippen LogP contribution in [0.25, 0.3) is 10.9 Å². The highest BCUT2D eigenvalue weighted by atomic mass is 19.1. The van der Waals surface area contributed by atoms with Gasteiger partial charge in [0.25, 0.3) is 5.78 Å². The molecular formula is C10H6FNO3. The number of H-pyrrole nitrogens is 1. The van der Waals surface area contributed by atoms with Gasteiger partial charge in [0.05, 0.1) is 5.56 Å². The van der Waals surface area contributed by atoms with Crippen molar-refractivity contribution in [3.05, 3.63) is 35.8 Å². The smallest absolute Gasteiger partial charge is 0.377 e. The maximum atomic E-state index is 12.8. The average Bonchev–Trinajstić information content (AvgIpc) is 2.59. The Labute approximate surface area is 83.3 Å². The molecule has 0 bridgehead atoms. The molecule has 0 spiro atoms. The van der Waals surface area contributed by atoms with Crippen molar-refractivity contribution in [1.82, 2.24) is 4.98 Å². The Hall–Kier alpha value is -2.17. The van der Waals surface area contributed by atoms with Crippen LogP contribution in [0.2, 0.25) is 0 Å². The lowest BCUT2D eigenvalue weighted by molar-refractivity contribution is -0.131. The van der Waals surface area contributed by atoms with E-state index in [0.29, 0.717) is 10.9 Å². The highest BCUT2D eigenvalue weighted by Gasteiger charge is 2.18. The van der Waals surface area contributed by atoms with Gasteiger partial charge in [0, 0.05) is 17.1 Å². The molecule has 1 heterocycles. The number of rotatable bonds is 2. The van der Waals surface area contributed by atoms with Crippen molar-refractivity contribution in [2.75, 3.05) is 0 Å². The van der Waals surface area contributed by atoms with Crippen LogP contribution in [0, 0.1) is 5.82 Å². The molecule has 0 saturated carbocycles. The number of hydrogen-bond donors (Lipinski definition) is 2. The molecule has 0 atom stereocenters. The summed E-state index contributed by atoms with van der Waals surface area (Å²) in [4.78, 5) is 24.3. The summed E-state index contributed by atoms with van der Waals surface area (Å²) in [5.41, 5.74) is 0.442. The van der Waals surface area contributed by atoms with Gasteiger partial charge < -0.3 is 10.1 Å². The minimum Gasteiger partial charge on any atom is -0.475 e. The van der Waals surface area contributed by atoms with Gasteiger partial charge in [-0.3, -0.25) is 4.79 Å².